The predicted octanol–water partition coefficient (Wildman–Crippen LogP) is 2.96. The van der Waals surface area contributed by atoms with Crippen LogP contribution in [0.1, 0.15) is 41.4 Å². The molecule has 2 aromatic rings. The zero-order valence-electron chi connectivity index (χ0n) is 17.1. The van der Waals surface area contributed by atoms with Gasteiger partial charge in [-0.2, -0.15) is 5.10 Å². The molecule has 1 amide bonds. The number of carbonyl (C=O) groups is 1. The standard InChI is InChI=1S/C22H30N4O2/c1-4-25-15-21(16(2)23-25)22(27)26-13-18-5-8-19(26)14-24(12-18)11-17-6-9-20(28-3)10-7-17/h6-7,9-10,15,18-19H,4-5,8,11-14H2,1-3H3. The first-order valence-electron chi connectivity index (χ1n) is 10.3. The van der Waals surface area contributed by atoms with Crippen LogP contribution in [0.2, 0.25) is 0 Å². The fourth-order valence-electron chi connectivity index (χ4n) is 4.59. The summed E-state index contributed by atoms with van der Waals surface area (Å²) in [4.78, 5) is 17.9. The average molecular weight is 383 g/mol. The Morgan fingerprint density at radius 3 is 2.64 bits per heavy atom. The van der Waals surface area contributed by atoms with Crippen LogP contribution in [-0.4, -0.2) is 58.3 Å². The second-order valence-electron chi connectivity index (χ2n) is 8.08. The van der Waals surface area contributed by atoms with Gasteiger partial charge in [0.05, 0.1) is 18.4 Å². The Bertz CT molecular complexity index is 830. The van der Waals surface area contributed by atoms with Gasteiger partial charge >= 0.3 is 0 Å². The number of hydrogen-bond donors (Lipinski definition) is 0. The lowest BCUT2D eigenvalue weighted by Crippen LogP contribution is -2.47. The highest BCUT2D eigenvalue weighted by molar-refractivity contribution is 5.95. The highest BCUT2D eigenvalue weighted by Crippen LogP contribution is 2.30. The fraction of sp³-hybridized carbons (Fsp3) is 0.545. The first kappa shape index (κ1) is 19.0. The van der Waals surface area contributed by atoms with Gasteiger partial charge in [-0.25, -0.2) is 0 Å². The summed E-state index contributed by atoms with van der Waals surface area (Å²) in [6.07, 6.45) is 4.21. The number of fused-ring (bicyclic) bond motifs is 4. The number of amides is 1. The van der Waals surface area contributed by atoms with Crippen molar-refractivity contribution in [3.8, 4) is 5.75 Å². The van der Waals surface area contributed by atoms with E-state index in [1.54, 1.807) is 7.11 Å². The first-order valence-corrected chi connectivity index (χ1v) is 10.3. The van der Waals surface area contributed by atoms with Gasteiger partial charge < -0.3 is 9.64 Å². The third-order valence-electron chi connectivity index (χ3n) is 6.12. The van der Waals surface area contributed by atoms with Crippen LogP contribution >= 0.6 is 0 Å². The number of aryl methyl sites for hydroxylation is 2. The molecule has 1 aromatic carbocycles. The first-order chi connectivity index (χ1) is 13.6. The Labute approximate surface area is 167 Å². The minimum atomic E-state index is 0.151. The molecule has 0 saturated carbocycles. The van der Waals surface area contributed by atoms with Gasteiger partial charge in [-0.1, -0.05) is 12.1 Å². The minimum absolute atomic E-state index is 0.151. The zero-order valence-corrected chi connectivity index (χ0v) is 17.1. The van der Waals surface area contributed by atoms with Crippen molar-refractivity contribution in [1.29, 1.82) is 0 Å². The largest absolute Gasteiger partial charge is 0.497 e. The molecule has 3 saturated heterocycles. The van der Waals surface area contributed by atoms with Crippen LogP contribution in [0.3, 0.4) is 0 Å². The van der Waals surface area contributed by atoms with Crippen molar-refractivity contribution in [2.45, 2.75) is 45.8 Å². The molecule has 3 aliphatic rings. The molecule has 0 N–H and O–H groups in total. The molecule has 3 fully saturated rings. The average Bonchev–Trinajstić information content (AvgIpc) is 2.87. The van der Waals surface area contributed by atoms with Gasteiger partial charge in [0.1, 0.15) is 5.75 Å². The molecule has 2 atom stereocenters. The van der Waals surface area contributed by atoms with Crippen molar-refractivity contribution in [2.24, 2.45) is 5.92 Å². The Morgan fingerprint density at radius 1 is 1.18 bits per heavy atom. The summed E-state index contributed by atoms with van der Waals surface area (Å²) in [5.74, 6) is 1.58. The number of hydrogen-bond acceptors (Lipinski definition) is 4. The van der Waals surface area contributed by atoms with E-state index >= 15 is 0 Å². The lowest BCUT2D eigenvalue weighted by atomic mass is 9.94. The van der Waals surface area contributed by atoms with Crippen molar-refractivity contribution >= 4 is 5.91 Å². The van der Waals surface area contributed by atoms with Crippen LogP contribution in [0, 0.1) is 12.8 Å². The lowest BCUT2D eigenvalue weighted by Gasteiger charge is -2.36. The van der Waals surface area contributed by atoms with E-state index in [2.05, 4.69) is 27.0 Å². The monoisotopic (exact) mass is 382 g/mol. The Morgan fingerprint density at radius 2 is 1.96 bits per heavy atom. The number of nitrogens with zero attached hydrogens (tertiary/aromatic N) is 4. The molecule has 1 aromatic heterocycles. The molecule has 6 nitrogen and oxygen atoms in total. The second kappa shape index (κ2) is 7.95. The number of aromatic nitrogens is 2. The Kier molecular flexibility index (Phi) is 5.40. The molecule has 2 bridgehead atoms. The molecule has 0 radical (unpaired) electrons. The number of piperidine rings is 1. The SMILES string of the molecule is CCn1cc(C(=O)N2CC3CCC2CN(Cc2ccc(OC)cc2)C3)c(C)n1. The topological polar surface area (TPSA) is 50.6 Å². The number of rotatable bonds is 5. The summed E-state index contributed by atoms with van der Waals surface area (Å²) in [6.45, 7) is 8.55. The van der Waals surface area contributed by atoms with E-state index in [0.29, 0.717) is 5.92 Å². The van der Waals surface area contributed by atoms with E-state index in [0.717, 1.165) is 56.2 Å². The summed E-state index contributed by atoms with van der Waals surface area (Å²) in [5, 5.41) is 4.46. The molecular formula is C22H30N4O2. The van der Waals surface area contributed by atoms with Crippen molar-refractivity contribution < 1.29 is 9.53 Å². The molecule has 4 heterocycles. The van der Waals surface area contributed by atoms with E-state index in [9.17, 15) is 4.79 Å². The van der Waals surface area contributed by atoms with Crippen LogP contribution in [0.25, 0.3) is 0 Å². The predicted molar refractivity (Wildman–Crippen MR) is 108 cm³/mol. The maximum atomic E-state index is 13.3. The summed E-state index contributed by atoms with van der Waals surface area (Å²) < 4.78 is 7.12. The number of benzene rings is 1. The molecule has 6 heteroatoms. The Balaban J connectivity index is 1.48. The zero-order chi connectivity index (χ0) is 19.7. The van der Waals surface area contributed by atoms with E-state index in [4.69, 9.17) is 4.74 Å². The van der Waals surface area contributed by atoms with Gasteiger partial charge in [0.25, 0.3) is 5.91 Å². The third kappa shape index (κ3) is 3.78. The molecule has 2 unspecified atom stereocenters. The fourth-order valence-corrected chi connectivity index (χ4v) is 4.59. The lowest BCUT2D eigenvalue weighted by molar-refractivity contribution is 0.0584. The Hall–Kier alpha value is -2.34. The third-order valence-corrected chi connectivity index (χ3v) is 6.12. The van der Waals surface area contributed by atoms with E-state index in [1.165, 1.54) is 12.0 Å². The highest BCUT2D eigenvalue weighted by Gasteiger charge is 2.38. The van der Waals surface area contributed by atoms with Gasteiger partial charge in [0.2, 0.25) is 0 Å². The number of carbonyl (C=O) groups excluding carboxylic acids is 1. The minimum Gasteiger partial charge on any atom is -0.497 e. The second-order valence-corrected chi connectivity index (χ2v) is 8.08. The van der Waals surface area contributed by atoms with Crippen molar-refractivity contribution in [2.75, 3.05) is 26.7 Å². The van der Waals surface area contributed by atoms with Crippen LogP contribution < -0.4 is 4.74 Å². The van der Waals surface area contributed by atoms with Crippen molar-refractivity contribution in [3.05, 3.63) is 47.3 Å². The van der Waals surface area contributed by atoms with Crippen molar-refractivity contribution in [3.63, 3.8) is 0 Å². The number of methoxy groups -OCH3 is 1. The molecule has 3 aliphatic heterocycles. The quantitative estimate of drug-likeness (QED) is 0.798. The van der Waals surface area contributed by atoms with E-state index in [-0.39, 0.29) is 11.9 Å². The molecule has 5 rings (SSSR count). The van der Waals surface area contributed by atoms with Gasteiger partial charge in [-0.05, 0) is 50.3 Å². The molecule has 0 aliphatic carbocycles. The summed E-state index contributed by atoms with van der Waals surface area (Å²) in [6, 6.07) is 8.60. The molecule has 150 valence electrons. The van der Waals surface area contributed by atoms with E-state index < -0.39 is 0 Å². The normalized spacial score (nSPS) is 22.3. The van der Waals surface area contributed by atoms with Gasteiger partial charge in [0, 0.05) is 45.0 Å². The summed E-state index contributed by atoms with van der Waals surface area (Å²) in [5.41, 5.74) is 2.89. The molecule has 28 heavy (non-hydrogen) atoms. The maximum absolute atomic E-state index is 13.3. The van der Waals surface area contributed by atoms with Crippen LogP contribution in [0.5, 0.6) is 5.75 Å². The molecular weight excluding hydrogens is 352 g/mol. The van der Waals surface area contributed by atoms with Crippen molar-refractivity contribution in [1.82, 2.24) is 19.6 Å². The molecule has 0 spiro atoms. The highest BCUT2D eigenvalue weighted by atomic mass is 16.5. The van der Waals surface area contributed by atoms with Crippen LogP contribution in [0.15, 0.2) is 30.5 Å². The number of ether oxygens (including phenoxy) is 1. The summed E-state index contributed by atoms with van der Waals surface area (Å²) in [7, 11) is 1.69. The van der Waals surface area contributed by atoms with E-state index in [1.807, 2.05) is 36.9 Å². The smallest absolute Gasteiger partial charge is 0.257 e. The summed E-state index contributed by atoms with van der Waals surface area (Å²) >= 11 is 0. The van der Waals surface area contributed by atoms with Crippen LogP contribution in [0.4, 0.5) is 0 Å². The van der Waals surface area contributed by atoms with Gasteiger partial charge in [0.15, 0.2) is 0 Å². The van der Waals surface area contributed by atoms with Crippen LogP contribution in [-0.2, 0) is 13.1 Å². The van der Waals surface area contributed by atoms with Gasteiger partial charge in [-0.3, -0.25) is 14.4 Å². The maximum Gasteiger partial charge on any atom is 0.257 e. The van der Waals surface area contributed by atoms with Gasteiger partial charge in [-0.15, -0.1) is 0 Å².